The Kier molecular flexibility index (Phi) is 4.91. The summed E-state index contributed by atoms with van der Waals surface area (Å²) in [5, 5.41) is 3.06. The van der Waals surface area contributed by atoms with Gasteiger partial charge in [0, 0.05) is 45.0 Å². The van der Waals surface area contributed by atoms with E-state index in [1.54, 1.807) is 0 Å². The number of morpholine rings is 1. The third-order valence-electron chi connectivity index (χ3n) is 5.80. The van der Waals surface area contributed by atoms with Gasteiger partial charge in [-0.1, -0.05) is 39.0 Å². The Balaban J connectivity index is 1.46. The SMILES string of the molecule is CC(C)(C)CN1CC2(C1)CN(C(=O)Nc1ccccc1)CC1COCCN12. The summed E-state index contributed by atoms with van der Waals surface area (Å²) in [6.07, 6.45) is 0. The highest BCUT2D eigenvalue weighted by Crippen LogP contribution is 2.37. The molecule has 0 radical (unpaired) electrons. The number of amides is 2. The second-order valence-electron chi connectivity index (χ2n) is 9.53. The molecule has 1 atom stereocenters. The number of hydrogen-bond donors (Lipinski definition) is 1. The summed E-state index contributed by atoms with van der Waals surface area (Å²) in [6, 6.07) is 10.0. The Labute approximate surface area is 162 Å². The quantitative estimate of drug-likeness (QED) is 0.866. The molecule has 0 aromatic heterocycles. The number of ether oxygens (including phenoxy) is 1. The summed E-state index contributed by atoms with van der Waals surface area (Å²) < 4.78 is 5.74. The van der Waals surface area contributed by atoms with E-state index in [9.17, 15) is 4.79 Å². The first-order valence-electron chi connectivity index (χ1n) is 10.0. The Bertz CT molecular complexity index is 667. The first-order valence-corrected chi connectivity index (χ1v) is 10.0. The molecular weight excluding hydrogens is 340 g/mol. The van der Waals surface area contributed by atoms with E-state index in [2.05, 4.69) is 35.9 Å². The molecule has 3 aliphatic rings. The number of para-hydroxylation sites is 1. The summed E-state index contributed by atoms with van der Waals surface area (Å²) in [5.41, 5.74) is 1.22. The summed E-state index contributed by atoms with van der Waals surface area (Å²) in [4.78, 5) is 20.1. The van der Waals surface area contributed by atoms with Crippen LogP contribution < -0.4 is 5.32 Å². The van der Waals surface area contributed by atoms with Crippen LogP contribution in [0.25, 0.3) is 0 Å². The number of urea groups is 1. The maximum absolute atomic E-state index is 12.9. The highest BCUT2D eigenvalue weighted by molar-refractivity contribution is 5.89. The van der Waals surface area contributed by atoms with Gasteiger partial charge in [0.1, 0.15) is 0 Å². The molecule has 3 saturated heterocycles. The largest absolute Gasteiger partial charge is 0.378 e. The minimum atomic E-state index is 0.0000647. The lowest BCUT2D eigenvalue weighted by Crippen LogP contribution is -2.81. The predicted molar refractivity (Wildman–Crippen MR) is 107 cm³/mol. The molecule has 0 saturated carbocycles. The van der Waals surface area contributed by atoms with Gasteiger partial charge in [-0.05, 0) is 17.5 Å². The minimum absolute atomic E-state index is 0.0000647. The van der Waals surface area contributed by atoms with Crippen molar-refractivity contribution in [3.05, 3.63) is 30.3 Å². The molecule has 27 heavy (non-hydrogen) atoms. The lowest BCUT2D eigenvalue weighted by atomic mass is 9.81. The average Bonchev–Trinajstić information content (AvgIpc) is 2.60. The van der Waals surface area contributed by atoms with Crippen LogP contribution in [0, 0.1) is 5.41 Å². The van der Waals surface area contributed by atoms with Crippen LogP contribution >= 0.6 is 0 Å². The Hall–Kier alpha value is -1.63. The van der Waals surface area contributed by atoms with Gasteiger partial charge in [-0.15, -0.1) is 0 Å². The molecule has 4 rings (SSSR count). The van der Waals surface area contributed by atoms with E-state index < -0.39 is 0 Å². The Morgan fingerprint density at radius 3 is 2.67 bits per heavy atom. The number of anilines is 1. The van der Waals surface area contributed by atoms with Crippen molar-refractivity contribution >= 4 is 11.7 Å². The number of carbonyl (C=O) groups excluding carboxylic acids is 1. The molecule has 1 N–H and O–H groups in total. The van der Waals surface area contributed by atoms with Gasteiger partial charge >= 0.3 is 6.03 Å². The fourth-order valence-corrected chi connectivity index (χ4v) is 4.92. The van der Waals surface area contributed by atoms with Crippen LogP contribution in [0.3, 0.4) is 0 Å². The van der Waals surface area contributed by atoms with Crippen molar-refractivity contribution < 1.29 is 9.53 Å². The smallest absolute Gasteiger partial charge is 0.321 e. The van der Waals surface area contributed by atoms with E-state index in [-0.39, 0.29) is 11.6 Å². The van der Waals surface area contributed by atoms with Crippen LogP contribution in [0.4, 0.5) is 10.5 Å². The number of likely N-dealkylation sites (tertiary alicyclic amines) is 1. The van der Waals surface area contributed by atoms with Crippen LogP contribution in [0.5, 0.6) is 0 Å². The highest BCUT2D eigenvalue weighted by atomic mass is 16.5. The molecule has 3 fully saturated rings. The van der Waals surface area contributed by atoms with E-state index in [0.717, 1.165) is 58.2 Å². The summed E-state index contributed by atoms with van der Waals surface area (Å²) in [6.45, 7) is 14.1. The molecule has 2 amide bonds. The molecule has 1 aromatic rings. The van der Waals surface area contributed by atoms with Gasteiger partial charge in [-0.3, -0.25) is 9.80 Å². The lowest BCUT2D eigenvalue weighted by molar-refractivity contribution is -0.160. The van der Waals surface area contributed by atoms with E-state index >= 15 is 0 Å². The third-order valence-corrected chi connectivity index (χ3v) is 5.80. The lowest BCUT2D eigenvalue weighted by Gasteiger charge is -2.63. The first kappa shape index (κ1) is 18.7. The average molecular weight is 373 g/mol. The fourth-order valence-electron chi connectivity index (χ4n) is 4.92. The molecule has 148 valence electrons. The summed E-state index contributed by atoms with van der Waals surface area (Å²) in [5.74, 6) is 0. The van der Waals surface area contributed by atoms with Crippen molar-refractivity contribution in [1.82, 2.24) is 14.7 Å². The molecule has 1 unspecified atom stereocenters. The van der Waals surface area contributed by atoms with Gasteiger partial charge in [0.05, 0.1) is 24.8 Å². The minimum Gasteiger partial charge on any atom is -0.378 e. The third kappa shape index (κ3) is 3.98. The Morgan fingerprint density at radius 1 is 1.22 bits per heavy atom. The van der Waals surface area contributed by atoms with Crippen molar-refractivity contribution in [2.75, 3.05) is 57.8 Å². The second-order valence-corrected chi connectivity index (χ2v) is 9.53. The van der Waals surface area contributed by atoms with E-state index in [0.29, 0.717) is 11.5 Å². The van der Waals surface area contributed by atoms with Gasteiger partial charge < -0.3 is 15.0 Å². The van der Waals surface area contributed by atoms with E-state index in [1.165, 1.54) is 0 Å². The zero-order valence-electron chi connectivity index (χ0n) is 16.8. The fraction of sp³-hybridized carbons (Fsp3) is 0.667. The molecule has 0 aliphatic carbocycles. The zero-order valence-corrected chi connectivity index (χ0v) is 16.8. The van der Waals surface area contributed by atoms with Crippen molar-refractivity contribution in [1.29, 1.82) is 0 Å². The number of rotatable bonds is 2. The maximum atomic E-state index is 12.9. The molecule has 3 heterocycles. The summed E-state index contributed by atoms with van der Waals surface area (Å²) >= 11 is 0. The molecule has 0 bridgehead atoms. The molecule has 6 heteroatoms. The number of fused-ring (bicyclic) bond motifs is 2. The van der Waals surface area contributed by atoms with E-state index in [4.69, 9.17) is 4.74 Å². The van der Waals surface area contributed by atoms with Crippen LogP contribution in [0.2, 0.25) is 0 Å². The highest BCUT2D eigenvalue weighted by Gasteiger charge is 2.55. The molecule has 1 spiro atoms. The number of nitrogens with one attached hydrogen (secondary N) is 1. The van der Waals surface area contributed by atoms with Crippen molar-refractivity contribution in [2.45, 2.75) is 32.4 Å². The number of benzene rings is 1. The molecular formula is C21H32N4O2. The summed E-state index contributed by atoms with van der Waals surface area (Å²) in [7, 11) is 0. The first-order chi connectivity index (χ1) is 12.8. The molecule has 6 nitrogen and oxygen atoms in total. The van der Waals surface area contributed by atoms with Crippen molar-refractivity contribution in [2.24, 2.45) is 5.41 Å². The number of hydrogen-bond acceptors (Lipinski definition) is 4. The number of nitrogens with zero attached hydrogens (tertiary/aromatic N) is 3. The van der Waals surface area contributed by atoms with E-state index in [1.807, 2.05) is 35.2 Å². The van der Waals surface area contributed by atoms with Crippen molar-refractivity contribution in [3.8, 4) is 0 Å². The van der Waals surface area contributed by atoms with Crippen LogP contribution in [-0.4, -0.2) is 84.8 Å². The monoisotopic (exact) mass is 372 g/mol. The number of carbonyl (C=O) groups is 1. The van der Waals surface area contributed by atoms with Gasteiger partial charge in [0.15, 0.2) is 0 Å². The van der Waals surface area contributed by atoms with Gasteiger partial charge in [-0.25, -0.2) is 4.79 Å². The second kappa shape index (κ2) is 7.08. The van der Waals surface area contributed by atoms with Gasteiger partial charge in [0.25, 0.3) is 0 Å². The van der Waals surface area contributed by atoms with Gasteiger partial charge in [0.2, 0.25) is 0 Å². The Morgan fingerprint density at radius 2 is 1.96 bits per heavy atom. The molecule has 1 aromatic carbocycles. The van der Waals surface area contributed by atoms with Crippen molar-refractivity contribution in [3.63, 3.8) is 0 Å². The predicted octanol–water partition coefficient (Wildman–Crippen LogP) is 2.34. The zero-order chi connectivity index (χ0) is 19.1. The standard InChI is InChI=1S/C21H32N4O2/c1-20(2,3)13-23-14-21(15-23)16-24(11-18-12-27-10-9-25(18)21)19(26)22-17-7-5-4-6-8-17/h4-8,18H,9-16H2,1-3H3,(H,22,26). The maximum Gasteiger partial charge on any atom is 0.321 e. The van der Waals surface area contributed by atoms with Crippen LogP contribution in [0.15, 0.2) is 30.3 Å². The molecule has 3 aliphatic heterocycles. The van der Waals surface area contributed by atoms with Gasteiger partial charge in [-0.2, -0.15) is 0 Å². The van der Waals surface area contributed by atoms with Crippen LogP contribution in [0.1, 0.15) is 20.8 Å². The van der Waals surface area contributed by atoms with Crippen LogP contribution in [-0.2, 0) is 4.74 Å². The number of piperazine rings is 1. The topological polar surface area (TPSA) is 48.1 Å². The normalized spacial score (nSPS) is 25.7.